The molecule has 0 saturated heterocycles. The van der Waals surface area contributed by atoms with Crippen LogP contribution in [0.5, 0.6) is 0 Å². The smallest absolute Gasteiger partial charge is 0.139 e. The van der Waals surface area contributed by atoms with E-state index in [1.807, 2.05) is 24.6 Å². The summed E-state index contributed by atoms with van der Waals surface area (Å²) in [5.74, 6) is 0. The molecule has 1 unspecified atom stereocenters. The minimum absolute atomic E-state index is 0.684. The van der Waals surface area contributed by atoms with Crippen LogP contribution in [0.15, 0.2) is 22.9 Å². The van der Waals surface area contributed by atoms with Gasteiger partial charge in [0.15, 0.2) is 0 Å². The summed E-state index contributed by atoms with van der Waals surface area (Å²) in [7, 11) is 0. The van der Waals surface area contributed by atoms with Crippen molar-refractivity contribution in [3.63, 3.8) is 0 Å². The average Bonchev–Trinajstić information content (AvgIpc) is 2.70. The van der Waals surface area contributed by atoms with E-state index in [0.29, 0.717) is 5.69 Å². The van der Waals surface area contributed by atoms with Gasteiger partial charge in [0.05, 0.1) is 22.1 Å². The zero-order valence-electron chi connectivity index (χ0n) is 11.4. The van der Waals surface area contributed by atoms with Crippen LogP contribution in [0.3, 0.4) is 0 Å². The van der Waals surface area contributed by atoms with Crippen LogP contribution in [0, 0.1) is 13.8 Å². The van der Waals surface area contributed by atoms with E-state index in [-0.39, 0.29) is 0 Å². The molecule has 0 aliphatic carbocycles. The van der Waals surface area contributed by atoms with E-state index < -0.39 is 6.10 Å². The molecule has 0 aliphatic rings. The van der Waals surface area contributed by atoms with E-state index >= 15 is 0 Å². The van der Waals surface area contributed by atoms with Gasteiger partial charge < -0.3 is 5.11 Å². The molecule has 0 saturated carbocycles. The molecule has 0 aliphatic heterocycles. The molecule has 5 heteroatoms. The third-order valence-electron chi connectivity index (χ3n) is 3.04. The molecule has 2 aromatic heterocycles. The van der Waals surface area contributed by atoms with Crippen molar-refractivity contribution in [3.8, 4) is 0 Å². The largest absolute Gasteiger partial charge is 0.380 e. The lowest BCUT2D eigenvalue weighted by molar-refractivity contribution is 0.201. The fraction of sp³-hybridized carbons (Fsp3) is 0.429. The first-order valence-electron chi connectivity index (χ1n) is 6.37. The minimum atomic E-state index is -0.760. The highest BCUT2D eigenvalue weighted by Crippen LogP contribution is 2.29. The highest BCUT2D eigenvalue weighted by Gasteiger charge is 2.22. The Morgan fingerprint density at radius 3 is 2.74 bits per heavy atom. The van der Waals surface area contributed by atoms with E-state index in [0.717, 1.165) is 34.3 Å². The van der Waals surface area contributed by atoms with Crippen LogP contribution < -0.4 is 0 Å². The summed E-state index contributed by atoms with van der Waals surface area (Å²) in [5, 5.41) is 14.9. The van der Waals surface area contributed by atoms with Crippen molar-refractivity contribution in [2.75, 3.05) is 0 Å². The number of aliphatic hydroxyl groups excluding tert-OH is 1. The number of aryl methyl sites for hydroxylation is 3. The van der Waals surface area contributed by atoms with Gasteiger partial charge >= 0.3 is 0 Å². The van der Waals surface area contributed by atoms with Crippen molar-refractivity contribution >= 4 is 15.9 Å². The maximum absolute atomic E-state index is 10.6. The Kier molecular flexibility index (Phi) is 4.37. The van der Waals surface area contributed by atoms with Crippen LogP contribution in [0.1, 0.15) is 42.0 Å². The van der Waals surface area contributed by atoms with Gasteiger partial charge in [-0.2, -0.15) is 5.10 Å². The van der Waals surface area contributed by atoms with Crippen molar-refractivity contribution in [1.82, 2.24) is 14.8 Å². The maximum atomic E-state index is 10.6. The van der Waals surface area contributed by atoms with Crippen LogP contribution in [-0.4, -0.2) is 19.9 Å². The van der Waals surface area contributed by atoms with Gasteiger partial charge in [0.1, 0.15) is 6.10 Å². The maximum Gasteiger partial charge on any atom is 0.139 e. The summed E-state index contributed by atoms with van der Waals surface area (Å²) >= 11 is 3.45. The Balaban J connectivity index is 2.43. The quantitative estimate of drug-likeness (QED) is 0.940. The third kappa shape index (κ3) is 2.87. The Morgan fingerprint density at radius 2 is 2.11 bits per heavy atom. The van der Waals surface area contributed by atoms with Crippen molar-refractivity contribution in [1.29, 1.82) is 0 Å². The van der Waals surface area contributed by atoms with E-state index in [1.165, 1.54) is 0 Å². The first-order valence-corrected chi connectivity index (χ1v) is 7.16. The van der Waals surface area contributed by atoms with Gasteiger partial charge in [-0.05, 0) is 47.3 Å². The van der Waals surface area contributed by atoms with E-state index in [9.17, 15) is 5.11 Å². The number of aliphatic hydroxyl groups is 1. The number of aromatic nitrogens is 3. The fourth-order valence-corrected chi connectivity index (χ4v) is 2.69. The summed E-state index contributed by atoms with van der Waals surface area (Å²) in [5.41, 5.74) is 3.53. The molecule has 1 N–H and O–H groups in total. The minimum Gasteiger partial charge on any atom is -0.380 e. The van der Waals surface area contributed by atoms with Crippen molar-refractivity contribution in [2.45, 2.75) is 39.8 Å². The lowest BCUT2D eigenvalue weighted by Gasteiger charge is -2.15. The van der Waals surface area contributed by atoms with Crippen LogP contribution in [0.4, 0.5) is 0 Å². The third-order valence-corrected chi connectivity index (χ3v) is 3.65. The first-order chi connectivity index (χ1) is 9.04. The molecule has 0 fully saturated rings. The zero-order chi connectivity index (χ0) is 14.0. The predicted molar refractivity (Wildman–Crippen MR) is 78.0 cm³/mol. The summed E-state index contributed by atoms with van der Waals surface area (Å²) in [4.78, 5) is 4.36. The fourth-order valence-electron chi connectivity index (χ4n) is 2.18. The summed E-state index contributed by atoms with van der Waals surface area (Å²) in [6.45, 7) is 6.82. The summed E-state index contributed by atoms with van der Waals surface area (Å²) in [6.07, 6.45) is 3.70. The van der Waals surface area contributed by atoms with Crippen LogP contribution in [-0.2, 0) is 6.54 Å². The SMILES string of the molecule is CCCn1ncc(Br)c1C(O)c1ncc(C)cc1C. The topological polar surface area (TPSA) is 50.9 Å². The van der Waals surface area contributed by atoms with Gasteiger partial charge in [0.25, 0.3) is 0 Å². The van der Waals surface area contributed by atoms with Gasteiger partial charge in [-0.25, -0.2) is 0 Å². The van der Waals surface area contributed by atoms with Crippen molar-refractivity contribution in [3.05, 3.63) is 45.4 Å². The molecule has 2 heterocycles. The first kappa shape index (κ1) is 14.2. The molecule has 0 bridgehead atoms. The number of nitrogens with zero attached hydrogens (tertiary/aromatic N) is 3. The molecular weight excluding hydrogens is 306 g/mol. The number of halogens is 1. The Bertz CT molecular complexity index is 580. The highest BCUT2D eigenvalue weighted by atomic mass is 79.9. The van der Waals surface area contributed by atoms with Gasteiger partial charge in [0.2, 0.25) is 0 Å². The number of hydrogen-bond acceptors (Lipinski definition) is 3. The number of rotatable bonds is 4. The standard InChI is InChI=1S/C14H18BrN3O/c1-4-5-18-13(11(15)8-17-18)14(19)12-10(3)6-9(2)7-16-12/h6-8,14,19H,4-5H2,1-3H3. The van der Waals surface area contributed by atoms with Gasteiger partial charge in [-0.3, -0.25) is 9.67 Å². The second kappa shape index (κ2) is 5.84. The van der Waals surface area contributed by atoms with Crippen molar-refractivity contribution in [2.24, 2.45) is 0 Å². The van der Waals surface area contributed by atoms with Gasteiger partial charge in [-0.1, -0.05) is 13.0 Å². The second-order valence-corrected chi connectivity index (χ2v) is 5.57. The number of hydrogen-bond donors (Lipinski definition) is 1. The Labute approximate surface area is 121 Å². The highest BCUT2D eigenvalue weighted by molar-refractivity contribution is 9.10. The molecule has 2 rings (SSSR count). The lowest BCUT2D eigenvalue weighted by atomic mass is 10.1. The molecule has 1 atom stereocenters. The zero-order valence-corrected chi connectivity index (χ0v) is 13.0. The Hall–Kier alpha value is -1.20. The van der Waals surface area contributed by atoms with Crippen LogP contribution in [0.2, 0.25) is 0 Å². The molecule has 0 radical (unpaired) electrons. The molecule has 4 nitrogen and oxygen atoms in total. The normalized spacial score (nSPS) is 12.7. The molecule has 19 heavy (non-hydrogen) atoms. The monoisotopic (exact) mass is 323 g/mol. The lowest BCUT2D eigenvalue weighted by Crippen LogP contribution is -2.13. The molecular formula is C14H18BrN3O. The van der Waals surface area contributed by atoms with Crippen molar-refractivity contribution < 1.29 is 5.11 Å². The van der Waals surface area contributed by atoms with E-state index in [2.05, 4.69) is 32.9 Å². The predicted octanol–water partition coefficient (Wildman–Crippen LogP) is 3.15. The van der Waals surface area contributed by atoms with E-state index in [4.69, 9.17) is 0 Å². The molecule has 0 spiro atoms. The van der Waals surface area contributed by atoms with Gasteiger partial charge in [-0.15, -0.1) is 0 Å². The van der Waals surface area contributed by atoms with Crippen LogP contribution in [0.25, 0.3) is 0 Å². The summed E-state index contributed by atoms with van der Waals surface area (Å²) < 4.78 is 2.64. The average molecular weight is 324 g/mol. The van der Waals surface area contributed by atoms with Gasteiger partial charge in [0, 0.05) is 12.7 Å². The molecule has 102 valence electrons. The Morgan fingerprint density at radius 1 is 1.37 bits per heavy atom. The summed E-state index contributed by atoms with van der Waals surface area (Å²) in [6, 6.07) is 2.03. The number of pyridine rings is 1. The van der Waals surface area contributed by atoms with Crippen LogP contribution >= 0.6 is 15.9 Å². The molecule has 2 aromatic rings. The molecule has 0 aromatic carbocycles. The molecule has 0 amide bonds. The van der Waals surface area contributed by atoms with E-state index in [1.54, 1.807) is 12.4 Å². The second-order valence-electron chi connectivity index (χ2n) is 4.72.